The van der Waals surface area contributed by atoms with E-state index in [9.17, 15) is 9.90 Å². The van der Waals surface area contributed by atoms with E-state index in [1.54, 1.807) is 6.07 Å². The number of fused-ring (bicyclic) bond motifs is 1. The predicted molar refractivity (Wildman–Crippen MR) is 64.1 cm³/mol. The molecule has 0 heterocycles. The predicted octanol–water partition coefficient (Wildman–Crippen LogP) is 1.23. The van der Waals surface area contributed by atoms with Gasteiger partial charge in [0, 0.05) is 6.42 Å². The molecule has 1 aromatic carbocycles. The number of hydrogen-bond acceptors (Lipinski definition) is 3. The van der Waals surface area contributed by atoms with Crippen molar-refractivity contribution in [1.82, 2.24) is 0 Å². The van der Waals surface area contributed by atoms with E-state index in [2.05, 4.69) is 0 Å². The summed E-state index contributed by atoms with van der Waals surface area (Å²) < 4.78 is 0. The molecule has 0 bridgehead atoms. The molecule has 2 rings (SSSR count). The average molecular weight is 235 g/mol. The minimum absolute atomic E-state index is 0.169. The third-order valence-electron chi connectivity index (χ3n) is 3.37. The third-order valence-corrected chi connectivity index (χ3v) is 3.37. The van der Waals surface area contributed by atoms with Crippen molar-refractivity contribution in [1.29, 1.82) is 0 Å². The van der Waals surface area contributed by atoms with Gasteiger partial charge in [0.1, 0.15) is 11.8 Å². The van der Waals surface area contributed by atoms with Crippen molar-refractivity contribution in [3.05, 3.63) is 28.8 Å². The number of carbonyl (C=O) groups is 1. The second-order valence-electron chi connectivity index (χ2n) is 4.56. The summed E-state index contributed by atoms with van der Waals surface area (Å²) in [5, 5.41) is 18.7. The first kappa shape index (κ1) is 11.9. The smallest absolute Gasteiger partial charge is 0.320 e. The SMILES string of the molecule is NC(Cc1c(O)ccc2c1CCCC2)C(=O)O. The Morgan fingerprint density at radius 1 is 1.35 bits per heavy atom. The Morgan fingerprint density at radius 2 is 2.06 bits per heavy atom. The largest absolute Gasteiger partial charge is 0.508 e. The second kappa shape index (κ2) is 4.75. The zero-order chi connectivity index (χ0) is 12.4. The maximum absolute atomic E-state index is 10.8. The minimum Gasteiger partial charge on any atom is -0.508 e. The van der Waals surface area contributed by atoms with Crippen molar-refractivity contribution in [2.45, 2.75) is 38.1 Å². The molecule has 17 heavy (non-hydrogen) atoms. The van der Waals surface area contributed by atoms with Gasteiger partial charge in [-0.25, -0.2) is 0 Å². The molecule has 1 unspecified atom stereocenters. The fourth-order valence-corrected chi connectivity index (χ4v) is 2.43. The highest BCUT2D eigenvalue weighted by Gasteiger charge is 2.20. The van der Waals surface area contributed by atoms with E-state index in [-0.39, 0.29) is 12.2 Å². The van der Waals surface area contributed by atoms with Crippen molar-refractivity contribution in [2.24, 2.45) is 5.73 Å². The van der Waals surface area contributed by atoms with E-state index in [0.29, 0.717) is 0 Å². The molecule has 0 saturated heterocycles. The summed E-state index contributed by atoms with van der Waals surface area (Å²) >= 11 is 0. The molecule has 0 spiro atoms. The van der Waals surface area contributed by atoms with Crippen LogP contribution < -0.4 is 5.73 Å². The number of aliphatic carboxylic acids is 1. The van der Waals surface area contributed by atoms with Gasteiger partial charge in [-0.1, -0.05) is 6.07 Å². The summed E-state index contributed by atoms with van der Waals surface area (Å²) in [4.78, 5) is 10.8. The first-order chi connectivity index (χ1) is 8.09. The standard InChI is InChI=1S/C13H17NO3/c14-11(13(16)17)7-10-9-4-2-1-3-8(9)5-6-12(10)15/h5-6,11,15H,1-4,7,14H2,(H,16,17). The number of nitrogens with two attached hydrogens (primary N) is 1. The van der Waals surface area contributed by atoms with Gasteiger partial charge in [0.15, 0.2) is 0 Å². The summed E-state index contributed by atoms with van der Waals surface area (Å²) in [5.74, 6) is -0.861. The first-order valence-corrected chi connectivity index (χ1v) is 5.90. The molecule has 92 valence electrons. The highest BCUT2D eigenvalue weighted by Crippen LogP contribution is 2.31. The molecular formula is C13H17NO3. The number of phenolic OH excluding ortho intramolecular Hbond substituents is 1. The Morgan fingerprint density at radius 3 is 2.76 bits per heavy atom. The molecule has 0 saturated carbocycles. The van der Waals surface area contributed by atoms with E-state index >= 15 is 0 Å². The third kappa shape index (κ3) is 2.42. The normalized spacial score (nSPS) is 16.3. The number of carboxylic acids is 1. The van der Waals surface area contributed by atoms with Crippen molar-refractivity contribution in [3.8, 4) is 5.75 Å². The molecule has 0 aliphatic heterocycles. The van der Waals surface area contributed by atoms with Crippen molar-refractivity contribution >= 4 is 5.97 Å². The monoisotopic (exact) mass is 235 g/mol. The van der Waals surface area contributed by atoms with E-state index in [4.69, 9.17) is 10.8 Å². The Balaban J connectivity index is 2.34. The number of rotatable bonds is 3. The number of aryl methyl sites for hydroxylation is 1. The lowest BCUT2D eigenvalue weighted by Crippen LogP contribution is -2.32. The molecule has 1 aliphatic rings. The van der Waals surface area contributed by atoms with Crippen LogP contribution in [0.5, 0.6) is 5.75 Å². The van der Waals surface area contributed by atoms with Crippen molar-refractivity contribution in [2.75, 3.05) is 0 Å². The van der Waals surface area contributed by atoms with Crippen LogP contribution in [0.4, 0.5) is 0 Å². The summed E-state index contributed by atoms with van der Waals surface area (Å²) in [6, 6.07) is 2.63. The van der Waals surface area contributed by atoms with Gasteiger partial charge < -0.3 is 15.9 Å². The minimum atomic E-state index is -1.03. The van der Waals surface area contributed by atoms with E-state index in [0.717, 1.165) is 36.8 Å². The quantitative estimate of drug-likeness (QED) is 0.735. The first-order valence-electron chi connectivity index (χ1n) is 5.90. The van der Waals surface area contributed by atoms with Crippen LogP contribution in [0.2, 0.25) is 0 Å². The molecule has 4 N–H and O–H groups in total. The van der Waals surface area contributed by atoms with Gasteiger partial charge in [0.25, 0.3) is 0 Å². The van der Waals surface area contributed by atoms with Crippen LogP contribution in [-0.2, 0) is 24.1 Å². The van der Waals surface area contributed by atoms with Crippen LogP contribution in [0, 0.1) is 0 Å². The molecular weight excluding hydrogens is 218 g/mol. The lowest BCUT2D eigenvalue weighted by Gasteiger charge is -2.21. The number of carboxylic acid groups (broad SMARTS) is 1. The van der Waals surface area contributed by atoms with Crippen LogP contribution in [0.3, 0.4) is 0 Å². The van der Waals surface area contributed by atoms with Gasteiger partial charge in [-0.2, -0.15) is 0 Å². The molecule has 1 aliphatic carbocycles. The summed E-state index contributed by atoms with van der Waals surface area (Å²) in [6.45, 7) is 0. The summed E-state index contributed by atoms with van der Waals surface area (Å²) in [7, 11) is 0. The van der Waals surface area contributed by atoms with Gasteiger partial charge >= 0.3 is 5.97 Å². The van der Waals surface area contributed by atoms with Crippen LogP contribution in [-0.4, -0.2) is 22.2 Å². The molecule has 4 heteroatoms. The van der Waals surface area contributed by atoms with Crippen LogP contribution >= 0.6 is 0 Å². The molecule has 1 atom stereocenters. The zero-order valence-corrected chi connectivity index (χ0v) is 9.65. The van der Waals surface area contributed by atoms with E-state index < -0.39 is 12.0 Å². The molecule has 0 aromatic heterocycles. The number of aromatic hydroxyl groups is 1. The van der Waals surface area contributed by atoms with Gasteiger partial charge in [0.2, 0.25) is 0 Å². The zero-order valence-electron chi connectivity index (χ0n) is 9.65. The number of phenols is 1. The topological polar surface area (TPSA) is 83.5 Å². The maximum Gasteiger partial charge on any atom is 0.320 e. The Hall–Kier alpha value is -1.55. The lowest BCUT2D eigenvalue weighted by molar-refractivity contribution is -0.138. The fraction of sp³-hybridized carbons (Fsp3) is 0.462. The molecule has 4 nitrogen and oxygen atoms in total. The van der Waals surface area contributed by atoms with Crippen molar-refractivity contribution < 1.29 is 15.0 Å². The van der Waals surface area contributed by atoms with Gasteiger partial charge in [-0.3, -0.25) is 4.79 Å². The fourth-order valence-electron chi connectivity index (χ4n) is 2.43. The summed E-state index contributed by atoms with van der Waals surface area (Å²) in [6.07, 6.45) is 4.36. The molecule has 0 radical (unpaired) electrons. The lowest BCUT2D eigenvalue weighted by atomic mass is 9.86. The Bertz CT molecular complexity index is 443. The van der Waals surface area contributed by atoms with Gasteiger partial charge in [0.05, 0.1) is 0 Å². The average Bonchev–Trinajstić information content (AvgIpc) is 2.32. The summed E-state index contributed by atoms with van der Waals surface area (Å²) in [5.41, 5.74) is 8.59. The number of hydrogen-bond donors (Lipinski definition) is 3. The highest BCUT2D eigenvalue weighted by molar-refractivity contribution is 5.74. The second-order valence-corrected chi connectivity index (χ2v) is 4.56. The van der Waals surface area contributed by atoms with Gasteiger partial charge in [-0.15, -0.1) is 0 Å². The Kier molecular flexibility index (Phi) is 3.33. The van der Waals surface area contributed by atoms with E-state index in [1.165, 1.54) is 5.56 Å². The number of benzene rings is 1. The molecule has 0 fully saturated rings. The molecule has 0 amide bonds. The van der Waals surface area contributed by atoms with Crippen molar-refractivity contribution in [3.63, 3.8) is 0 Å². The highest BCUT2D eigenvalue weighted by atomic mass is 16.4. The van der Waals surface area contributed by atoms with Crippen LogP contribution in [0.15, 0.2) is 12.1 Å². The van der Waals surface area contributed by atoms with Crippen LogP contribution in [0.1, 0.15) is 29.5 Å². The maximum atomic E-state index is 10.8. The molecule has 1 aromatic rings. The van der Waals surface area contributed by atoms with E-state index in [1.807, 2.05) is 6.07 Å². The van der Waals surface area contributed by atoms with Crippen LogP contribution in [0.25, 0.3) is 0 Å². The Labute approximate surface area is 100 Å². The van der Waals surface area contributed by atoms with Gasteiger partial charge in [-0.05, 0) is 48.4 Å².